The molecule has 0 aliphatic carbocycles. The molecular formula is C7H16O2S6. The smallest absolute Gasteiger partial charge is 0.202 e. The highest BCUT2D eigenvalue weighted by atomic mass is 33.1. The van der Waals surface area contributed by atoms with Gasteiger partial charge >= 0.3 is 0 Å². The van der Waals surface area contributed by atoms with Crippen LogP contribution < -0.4 is 0 Å². The van der Waals surface area contributed by atoms with Gasteiger partial charge in [0.25, 0.3) is 0 Å². The maximum Gasteiger partial charge on any atom is 0.202 e. The minimum absolute atomic E-state index is 0.0584. The van der Waals surface area contributed by atoms with E-state index >= 15 is 0 Å². The lowest BCUT2D eigenvalue weighted by Gasteiger charge is -2.12. The van der Waals surface area contributed by atoms with Gasteiger partial charge in [-0.3, -0.25) is 0 Å². The Morgan fingerprint density at radius 2 is 1.80 bits per heavy atom. The van der Waals surface area contributed by atoms with E-state index in [1.807, 2.05) is 0 Å². The summed E-state index contributed by atoms with van der Waals surface area (Å²) in [5.41, 5.74) is 0. The number of rotatable bonds is 9. The van der Waals surface area contributed by atoms with Gasteiger partial charge < -0.3 is 0 Å². The van der Waals surface area contributed by atoms with Gasteiger partial charge in [0.2, 0.25) is 8.87 Å². The van der Waals surface area contributed by atoms with E-state index in [-0.39, 0.29) is 11.0 Å². The highest BCUT2D eigenvalue weighted by molar-refractivity contribution is 8.72. The quantitative estimate of drug-likeness (QED) is 0.344. The van der Waals surface area contributed by atoms with Crippen molar-refractivity contribution in [2.24, 2.45) is 0 Å². The maximum atomic E-state index is 11.5. The summed E-state index contributed by atoms with van der Waals surface area (Å²) in [6.45, 7) is 0. The Morgan fingerprint density at radius 1 is 1.13 bits per heavy atom. The van der Waals surface area contributed by atoms with E-state index < -0.39 is 8.87 Å². The fourth-order valence-corrected chi connectivity index (χ4v) is 7.54. The van der Waals surface area contributed by atoms with Crippen LogP contribution in [0, 0.1) is 0 Å². The summed E-state index contributed by atoms with van der Waals surface area (Å²) >= 11 is 13.9. The number of thiol groups is 3. The summed E-state index contributed by atoms with van der Waals surface area (Å²) in [5.74, 6) is 3.65. The first-order chi connectivity index (χ1) is 7.05. The molecule has 92 valence electrons. The van der Waals surface area contributed by atoms with Crippen molar-refractivity contribution >= 4 is 69.3 Å². The van der Waals surface area contributed by atoms with Crippen molar-refractivity contribution in [3.63, 3.8) is 0 Å². The second-order valence-corrected chi connectivity index (χ2v) is 9.58. The molecular weight excluding hydrogens is 308 g/mol. The molecule has 0 saturated carbocycles. The Labute approximate surface area is 117 Å². The zero-order valence-electron chi connectivity index (χ0n) is 8.20. The summed E-state index contributed by atoms with van der Waals surface area (Å²) in [5, 5.41) is 0.0584. The van der Waals surface area contributed by atoms with Crippen LogP contribution in [0.4, 0.5) is 0 Å². The van der Waals surface area contributed by atoms with Crippen LogP contribution in [0.25, 0.3) is 0 Å². The van der Waals surface area contributed by atoms with Crippen molar-refractivity contribution in [3.8, 4) is 0 Å². The van der Waals surface area contributed by atoms with Crippen LogP contribution in [-0.2, 0) is 8.87 Å². The van der Waals surface area contributed by atoms with Gasteiger partial charge in [-0.1, -0.05) is 0 Å². The minimum Gasteiger partial charge on any atom is -0.217 e. The van der Waals surface area contributed by atoms with E-state index in [2.05, 4.69) is 37.9 Å². The van der Waals surface area contributed by atoms with E-state index in [1.165, 1.54) is 0 Å². The molecule has 0 amide bonds. The van der Waals surface area contributed by atoms with Crippen molar-refractivity contribution in [1.29, 1.82) is 0 Å². The van der Waals surface area contributed by atoms with E-state index in [4.69, 9.17) is 0 Å². The largest absolute Gasteiger partial charge is 0.217 e. The molecule has 0 saturated heterocycles. The molecule has 0 radical (unpaired) electrons. The molecule has 1 unspecified atom stereocenters. The van der Waals surface area contributed by atoms with Crippen LogP contribution in [0.5, 0.6) is 0 Å². The lowest BCUT2D eigenvalue weighted by Crippen LogP contribution is -2.15. The molecule has 0 spiro atoms. The Kier molecular flexibility index (Phi) is 10.8. The van der Waals surface area contributed by atoms with E-state index in [0.717, 1.165) is 28.1 Å². The van der Waals surface area contributed by atoms with E-state index in [9.17, 15) is 8.42 Å². The summed E-state index contributed by atoms with van der Waals surface area (Å²) in [6.07, 6.45) is 0. The maximum absolute atomic E-state index is 11.5. The molecule has 0 heterocycles. The second-order valence-electron chi connectivity index (χ2n) is 2.68. The van der Waals surface area contributed by atoms with Crippen molar-refractivity contribution in [3.05, 3.63) is 0 Å². The van der Waals surface area contributed by atoms with Crippen molar-refractivity contribution in [1.82, 2.24) is 0 Å². The molecule has 0 aromatic rings. The molecule has 0 fully saturated rings. The van der Waals surface area contributed by atoms with E-state index in [0.29, 0.717) is 11.5 Å². The fraction of sp³-hybridized carbons (Fsp3) is 1.00. The summed E-state index contributed by atoms with van der Waals surface area (Å²) in [4.78, 5) is 0. The topological polar surface area (TPSA) is 34.1 Å². The monoisotopic (exact) mass is 324 g/mol. The van der Waals surface area contributed by atoms with Gasteiger partial charge in [-0.2, -0.15) is 49.6 Å². The van der Waals surface area contributed by atoms with Crippen LogP contribution in [0.1, 0.15) is 0 Å². The SMILES string of the molecule is O=S(=O)(CCS)SC(CS)CSCCS. The first kappa shape index (κ1) is 16.7. The van der Waals surface area contributed by atoms with Gasteiger partial charge in [-0.25, -0.2) is 8.42 Å². The highest BCUT2D eigenvalue weighted by Crippen LogP contribution is 2.24. The molecule has 2 nitrogen and oxygen atoms in total. The molecule has 15 heavy (non-hydrogen) atoms. The van der Waals surface area contributed by atoms with Crippen LogP contribution >= 0.6 is 60.4 Å². The highest BCUT2D eigenvalue weighted by Gasteiger charge is 2.18. The summed E-state index contributed by atoms with van der Waals surface area (Å²) < 4.78 is 23.0. The number of hydrogen-bond acceptors (Lipinski definition) is 7. The number of hydrogen-bond donors (Lipinski definition) is 3. The Bertz CT molecular complexity index is 240. The Hall–Kier alpha value is 1.70. The molecule has 8 heteroatoms. The standard InChI is InChI=1S/C7H16O2S6/c8-15(9,4-2-11)14-7(5-12)6-13-3-1-10/h7,10-12H,1-6H2. The van der Waals surface area contributed by atoms with Gasteiger partial charge in [0.1, 0.15) is 0 Å². The predicted octanol–water partition coefficient (Wildman–Crippen LogP) is 1.94. The lowest BCUT2D eigenvalue weighted by atomic mass is 10.6. The summed E-state index contributed by atoms with van der Waals surface area (Å²) in [7, 11) is -2.00. The van der Waals surface area contributed by atoms with Crippen LogP contribution in [-0.4, -0.2) is 48.2 Å². The minimum atomic E-state index is -3.02. The molecule has 0 aliphatic heterocycles. The normalized spacial score (nSPS) is 14.1. The predicted molar refractivity (Wildman–Crippen MR) is 84.0 cm³/mol. The molecule has 1 atom stereocenters. The van der Waals surface area contributed by atoms with Crippen molar-refractivity contribution < 1.29 is 8.42 Å². The first-order valence-electron chi connectivity index (χ1n) is 4.37. The van der Waals surface area contributed by atoms with Crippen molar-refractivity contribution in [2.75, 3.05) is 34.5 Å². The molecule has 0 bridgehead atoms. The zero-order valence-corrected chi connectivity index (χ0v) is 13.3. The molecule has 0 aliphatic rings. The fourth-order valence-electron chi connectivity index (χ4n) is 0.757. The van der Waals surface area contributed by atoms with Crippen molar-refractivity contribution in [2.45, 2.75) is 5.25 Å². The zero-order chi connectivity index (χ0) is 11.7. The Balaban J connectivity index is 3.97. The molecule has 0 rings (SSSR count). The number of thioether (sulfide) groups is 1. The average Bonchev–Trinajstić information content (AvgIpc) is 2.16. The second kappa shape index (κ2) is 9.70. The average molecular weight is 325 g/mol. The van der Waals surface area contributed by atoms with Gasteiger partial charge in [0.15, 0.2) is 0 Å². The van der Waals surface area contributed by atoms with Gasteiger partial charge in [-0.05, 0) is 16.5 Å². The third-order valence-electron chi connectivity index (χ3n) is 1.37. The van der Waals surface area contributed by atoms with Crippen LogP contribution in [0.2, 0.25) is 0 Å². The lowest BCUT2D eigenvalue weighted by molar-refractivity contribution is 0.611. The molecule has 0 N–H and O–H groups in total. The molecule has 0 aromatic heterocycles. The van der Waals surface area contributed by atoms with Gasteiger partial charge in [0, 0.05) is 28.3 Å². The van der Waals surface area contributed by atoms with Crippen LogP contribution in [0.3, 0.4) is 0 Å². The first-order valence-corrected chi connectivity index (χ1v) is 10.5. The molecule has 0 aromatic carbocycles. The van der Waals surface area contributed by atoms with Crippen LogP contribution in [0.15, 0.2) is 0 Å². The summed E-state index contributed by atoms with van der Waals surface area (Å²) in [6, 6.07) is 0. The van der Waals surface area contributed by atoms with Gasteiger partial charge in [-0.15, -0.1) is 0 Å². The Morgan fingerprint density at radius 3 is 2.27 bits per heavy atom. The van der Waals surface area contributed by atoms with E-state index in [1.54, 1.807) is 11.8 Å². The third-order valence-corrected chi connectivity index (χ3v) is 8.25. The third kappa shape index (κ3) is 9.41. The van der Waals surface area contributed by atoms with Gasteiger partial charge in [0.05, 0.1) is 5.75 Å².